The smallest absolute Gasteiger partial charge is 0.279 e. The van der Waals surface area contributed by atoms with Gasteiger partial charge in [-0.05, 0) is 42.9 Å². The van der Waals surface area contributed by atoms with Crippen LogP contribution in [0.2, 0.25) is 0 Å². The van der Waals surface area contributed by atoms with Gasteiger partial charge in [0.1, 0.15) is 12.2 Å². The summed E-state index contributed by atoms with van der Waals surface area (Å²) in [5.74, 6) is 0.351. The Morgan fingerprint density at radius 1 is 1.18 bits per heavy atom. The molecule has 28 heavy (non-hydrogen) atoms. The number of aromatic amines is 1. The van der Waals surface area contributed by atoms with Gasteiger partial charge >= 0.3 is 0 Å². The number of nitrogens with two attached hydrogens (primary N) is 1. The van der Waals surface area contributed by atoms with Gasteiger partial charge in [0.05, 0.1) is 29.0 Å². The number of aromatic nitrogens is 4. The predicted octanol–water partition coefficient (Wildman–Crippen LogP) is 4.39. The molecule has 0 saturated carbocycles. The summed E-state index contributed by atoms with van der Waals surface area (Å²) >= 11 is 1.75. The number of thioether (sulfide) groups is 1. The van der Waals surface area contributed by atoms with Crippen LogP contribution in [0.5, 0.6) is 0 Å². The lowest BCUT2D eigenvalue weighted by atomic mass is 10.1. The van der Waals surface area contributed by atoms with Crippen molar-refractivity contribution < 1.29 is 8.78 Å². The van der Waals surface area contributed by atoms with E-state index >= 15 is 0 Å². The summed E-state index contributed by atoms with van der Waals surface area (Å²) in [5, 5.41) is 7.09. The summed E-state index contributed by atoms with van der Waals surface area (Å²) in [6.45, 7) is 0. The van der Waals surface area contributed by atoms with E-state index in [1.54, 1.807) is 23.9 Å². The Morgan fingerprint density at radius 2 is 1.89 bits per heavy atom. The molecule has 4 N–H and O–H groups in total. The quantitative estimate of drug-likeness (QED) is 0.434. The maximum atomic E-state index is 12.3. The number of nitrogens with zero attached hydrogens (tertiary/aromatic N) is 3. The highest BCUT2D eigenvalue weighted by molar-refractivity contribution is 7.97. The standard InChI is InChI=1S/C17H14F2N6.C2H6S/c18-17(19)12(21)4-5-16-22-8-15(25-16)14-7-13(23-9-24-14)10-2-1-3-11(20)6-10;1-3-2/h1-9,17,21H,20H2,(H,22,25);1-2H3/b5-4-,21-12?;. The van der Waals surface area contributed by atoms with Gasteiger partial charge in [-0.2, -0.15) is 11.8 Å². The van der Waals surface area contributed by atoms with E-state index in [0.717, 1.165) is 11.6 Å². The van der Waals surface area contributed by atoms with Crippen molar-refractivity contribution >= 4 is 29.2 Å². The molecule has 0 atom stereocenters. The second-order valence-electron chi connectivity index (χ2n) is 5.59. The highest BCUT2D eigenvalue weighted by Gasteiger charge is 2.09. The molecule has 2 heterocycles. The third-order valence-electron chi connectivity index (χ3n) is 3.38. The maximum Gasteiger partial charge on any atom is 0.279 e. The number of nitrogens with one attached hydrogen (secondary N) is 2. The number of anilines is 1. The Hall–Kier alpha value is -3.07. The minimum atomic E-state index is -2.81. The molecule has 9 heteroatoms. The molecular formula is C19H20F2N6S. The number of imidazole rings is 1. The van der Waals surface area contributed by atoms with Crippen LogP contribution in [0.15, 0.2) is 48.9 Å². The fraction of sp³-hybridized carbons (Fsp3) is 0.158. The van der Waals surface area contributed by atoms with Crippen LogP contribution < -0.4 is 5.73 Å². The zero-order valence-corrected chi connectivity index (χ0v) is 16.2. The van der Waals surface area contributed by atoms with Crippen LogP contribution in [-0.4, -0.2) is 44.6 Å². The molecule has 3 rings (SSSR count). The maximum absolute atomic E-state index is 12.3. The summed E-state index contributed by atoms with van der Waals surface area (Å²) < 4.78 is 24.6. The summed E-state index contributed by atoms with van der Waals surface area (Å²) in [5.41, 5.74) is 8.41. The Labute approximate surface area is 165 Å². The lowest BCUT2D eigenvalue weighted by Crippen LogP contribution is -2.03. The van der Waals surface area contributed by atoms with Gasteiger partial charge in [-0.15, -0.1) is 0 Å². The summed E-state index contributed by atoms with van der Waals surface area (Å²) in [6, 6.07) is 9.10. The van der Waals surface area contributed by atoms with E-state index in [1.165, 1.54) is 18.6 Å². The molecular weight excluding hydrogens is 382 g/mol. The van der Waals surface area contributed by atoms with Gasteiger partial charge in [0.2, 0.25) is 0 Å². The third kappa shape index (κ3) is 5.98. The minimum Gasteiger partial charge on any atom is -0.399 e. The molecule has 0 aliphatic carbocycles. The molecule has 0 aliphatic rings. The highest BCUT2D eigenvalue weighted by atomic mass is 32.2. The Morgan fingerprint density at radius 3 is 2.57 bits per heavy atom. The van der Waals surface area contributed by atoms with Crippen LogP contribution in [0.1, 0.15) is 5.82 Å². The van der Waals surface area contributed by atoms with Gasteiger partial charge in [0.15, 0.2) is 0 Å². The number of hydrogen-bond donors (Lipinski definition) is 3. The van der Waals surface area contributed by atoms with E-state index in [4.69, 9.17) is 11.1 Å². The number of H-pyrrole nitrogens is 1. The molecule has 0 spiro atoms. The molecule has 2 aromatic heterocycles. The molecule has 0 fully saturated rings. The van der Waals surface area contributed by atoms with Crippen LogP contribution in [0, 0.1) is 5.41 Å². The Bertz CT molecular complexity index is 955. The summed E-state index contributed by atoms with van der Waals surface area (Å²) in [7, 11) is 0. The van der Waals surface area contributed by atoms with Gasteiger partial charge in [-0.3, -0.25) is 5.41 Å². The normalized spacial score (nSPS) is 10.8. The number of alkyl halides is 2. The van der Waals surface area contributed by atoms with Gasteiger partial charge in [0.25, 0.3) is 6.43 Å². The largest absolute Gasteiger partial charge is 0.399 e. The molecule has 1 aromatic carbocycles. The Kier molecular flexibility index (Phi) is 7.82. The van der Waals surface area contributed by atoms with Crippen LogP contribution in [0.4, 0.5) is 14.5 Å². The van der Waals surface area contributed by atoms with Crippen LogP contribution in [-0.2, 0) is 0 Å². The third-order valence-corrected chi connectivity index (χ3v) is 3.38. The lowest BCUT2D eigenvalue weighted by Gasteiger charge is -2.03. The minimum absolute atomic E-state index is 0.351. The number of halogens is 2. The van der Waals surface area contributed by atoms with Crippen molar-refractivity contribution in [1.29, 1.82) is 5.41 Å². The van der Waals surface area contributed by atoms with Crippen molar-refractivity contribution in [2.45, 2.75) is 6.43 Å². The number of nitrogen functional groups attached to an aromatic ring is 1. The van der Waals surface area contributed by atoms with Gasteiger partial charge in [0, 0.05) is 11.3 Å². The van der Waals surface area contributed by atoms with Crippen LogP contribution >= 0.6 is 11.8 Å². The predicted molar refractivity (Wildman–Crippen MR) is 112 cm³/mol. The number of hydrogen-bond acceptors (Lipinski definition) is 6. The van der Waals surface area contributed by atoms with Crippen molar-refractivity contribution in [2.75, 3.05) is 18.2 Å². The van der Waals surface area contributed by atoms with Crippen molar-refractivity contribution in [2.24, 2.45) is 0 Å². The highest BCUT2D eigenvalue weighted by Crippen LogP contribution is 2.23. The van der Waals surface area contributed by atoms with E-state index in [-0.39, 0.29) is 0 Å². The first-order chi connectivity index (χ1) is 13.4. The summed E-state index contributed by atoms with van der Waals surface area (Å²) in [4.78, 5) is 15.5. The second kappa shape index (κ2) is 10.3. The van der Waals surface area contributed by atoms with Crippen LogP contribution in [0.25, 0.3) is 28.7 Å². The van der Waals surface area contributed by atoms with E-state index in [1.807, 2.05) is 30.7 Å². The second-order valence-corrected chi connectivity index (χ2v) is 6.41. The molecule has 0 radical (unpaired) electrons. The fourth-order valence-corrected chi connectivity index (χ4v) is 2.15. The number of rotatable bonds is 5. The van der Waals surface area contributed by atoms with E-state index in [0.29, 0.717) is 28.6 Å². The molecule has 0 unspecified atom stereocenters. The van der Waals surface area contributed by atoms with E-state index in [2.05, 4.69) is 19.9 Å². The first kappa shape index (κ1) is 21.2. The number of benzene rings is 1. The number of allylic oxidation sites excluding steroid dienone is 1. The SMILES string of the molecule is CSC.N=C(/C=C\c1ncc(-c2cc(-c3cccc(N)c3)ncn2)[nH]1)C(F)F. The van der Waals surface area contributed by atoms with Gasteiger partial charge in [-0.25, -0.2) is 23.7 Å². The topological polar surface area (TPSA) is 104 Å². The van der Waals surface area contributed by atoms with Crippen molar-refractivity contribution in [1.82, 2.24) is 19.9 Å². The zero-order chi connectivity index (χ0) is 20.5. The lowest BCUT2D eigenvalue weighted by molar-refractivity contribution is 0.226. The first-order valence-corrected chi connectivity index (χ1v) is 9.76. The molecule has 0 saturated heterocycles. The molecule has 3 aromatic rings. The molecule has 6 nitrogen and oxygen atoms in total. The van der Waals surface area contributed by atoms with Crippen LogP contribution in [0.3, 0.4) is 0 Å². The fourth-order valence-electron chi connectivity index (χ4n) is 2.15. The van der Waals surface area contributed by atoms with E-state index in [9.17, 15) is 8.78 Å². The molecule has 0 aliphatic heterocycles. The average Bonchev–Trinajstić information content (AvgIpc) is 3.16. The zero-order valence-electron chi connectivity index (χ0n) is 15.4. The monoisotopic (exact) mass is 402 g/mol. The summed E-state index contributed by atoms with van der Waals surface area (Å²) in [6.07, 6.45) is 6.56. The van der Waals surface area contributed by atoms with E-state index < -0.39 is 12.1 Å². The van der Waals surface area contributed by atoms with Crippen molar-refractivity contribution in [3.05, 3.63) is 54.8 Å². The Balaban J connectivity index is 0.000000878. The van der Waals surface area contributed by atoms with Crippen molar-refractivity contribution in [3.8, 4) is 22.6 Å². The van der Waals surface area contributed by atoms with Gasteiger partial charge in [-0.1, -0.05) is 12.1 Å². The first-order valence-electron chi connectivity index (χ1n) is 8.12. The average molecular weight is 402 g/mol. The molecule has 0 amide bonds. The van der Waals surface area contributed by atoms with Gasteiger partial charge < -0.3 is 10.7 Å². The molecule has 146 valence electrons. The van der Waals surface area contributed by atoms with Crippen molar-refractivity contribution in [3.63, 3.8) is 0 Å². The molecule has 0 bridgehead atoms.